The first-order valence-corrected chi connectivity index (χ1v) is 12.8. The van der Waals surface area contributed by atoms with Gasteiger partial charge in [-0.2, -0.15) is 0 Å². The highest BCUT2D eigenvalue weighted by molar-refractivity contribution is 6.38. The van der Waals surface area contributed by atoms with Crippen molar-refractivity contribution >= 4 is 35.1 Å². The minimum atomic E-state index is -1.07. The van der Waals surface area contributed by atoms with Gasteiger partial charge in [0.15, 0.2) is 0 Å². The van der Waals surface area contributed by atoms with Crippen molar-refractivity contribution in [2.45, 2.75) is 65.0 Å². The number of carbonyl (C=O) groups excluding carboxylic acids is 4. The van der Waals surface area contributed by atoms with E-state index in [1.54, 1.807) is 31.2 Å². The molecule has 8 heteroatoms. The molecule has 0 saturated carbocycles. The van der Waals surface area contributed by atoms with Gasteiger partial charge in [0.2, 0.25) is 17.6 Å². The lowest BCUT2D eigenvalue weighted by molar-refractivity contribution is -0.140. The third-order valence-corrected chi connectivity index (χ3v) is 6.03. The van der Waals surface area contributed by atoms with Crippen LogP contribution in [-0.2, 0) is 32.0 Å². The highest BCUT2D eigenvalue weighted by Gasteiger charge is 2.31. The zero-order chi connectivity index (χ0) is 26.5. The number of likely N-dealkylation sites (N-methyl/N-ethyl adjacent to an activating group) is 1. The molecule has 0 aliphatic heterocycles. The van der Waals surface area contributed by atoms with E-state index in [2.05, 4.69) is 28.1 Å². The Hall–Kier alpha value is -3.19. The first kappa shape index (κ1) is 29.0. The molecule has 2 aromatic carbocycles. The van der Waals surface area contributed by atoms with Crippen LogP contribution < -0.4 is 16.0 Å². The Kier molecular flexibility index (Phi) is 12.1. The first-order chi connectivity index (χ1) is 17.2. The van der Waals surface area contributed by atoms with Gasteiger partial charge in [-0.05, 0) is 55.4 Å². The van der Waals surface area contributed by atoms with Crippen molar-refractivity contribution in [3.05, 3.63) is 70.7 Å². The fraction of sp³-hybridized carbons (Fsp3) is 0.429. The molecule has 2 atom stereocenters. The van der Waals surface area contributed by atoms with E-state index in [0.29, 0.717) is 24.4 Å². The second-order valence-corrected chi connectivity index (χ2v) is 9.53. The number of hydrogen-bond donors (Lipinski definition) is 3. The van der Waals surface area contributed by atoms with Crippen molar-refractivity contribution < 1.29 is 19.2 Å². The van der Waals surface area contributed by atoms with Gasteiger partial charge in [-0.15, -0.1) is 0 Å². The van der Waals surface area contributed by atoms with Gasteiger partial charge >= 0.3 is 0 Å². The summed E-state index contributed by atoms with van der Waals surface area (Å²) in [5.74, 6) is -2.44. The molecule has 0 spiro atoms. The van der Waals surface area contributed by atoms with Gasteiger partial charge in [0.25, 0.3) is 5.91 Å². The van der Waals surface area contributed by atoms with Crippen molar-refractivity contribution in [3.63, 3.8) is 0 Å². The van der Waals surface area contributed by atoms with Crippen LogP contribution in [0.25, 0.3) is 0 Å². The fourth-order valence-corrected chi connectivity index (χ4v) is 3.90. The van der Waals surface area contributed by atoms with Gasteiger partial charge in [-0.25, -0.2) is 0 Å². The van der Waals surface area contributed by atoms with Crippen molar-refractivity contribution in [2.24, 2.45) is 5.92 Å². The van der Waals surface area contributed by atoms with Crippen LogP contribution >= 0.6 is 11.6 Å². The smallest absolute Gasteiger partial charge is 0.289 e. The van der Waals surface area contributed by atoms with Crippen molar-refractivity contribution in [1.82, 2.24) is 16.0 Å². The van der Waals surface area contributed by atoms with E-state index in [0.717, 1.165) is 18.4 Å². The zero-order valence-electron chi connectivity index (χ0n) is 21.2. The average Bonchev–Trinajstić information content (AvgIpc) is 2.86. The largest absolute Gasteiger partial charge is 0.350 e. The number of Topliss-reactive ketones (excluding diaryl/α,β-unsaturated/α-hetero) is 1. The van der Waals surface area contributed by atoms with E-state index < -0.39 is 29.7 Å². The predicted octanol–water partition coefficient (Wildman–Crippen LogP) is 3.63. The Balaban J connectivity index is 2.00. The van der Waals surface area contributed by atoms with Crippen molar-refractivity contribution in [2.75, 3.05) is 6.54 Å². The van der Waals surface area contributed by atoms with Gasteiger partial charge in [-0.3, -0.25) is 19.2 Å². The Morgan fingerprint density at radius 1 is 0.861 bits per heavy atom. The summed E-state index contributed by atoms with van der Waals surface area (Å²) in [4.78, 5) is 50.8. The number of amides is 3. The molecule has 36 heavy (non-hydrogen) atoms. The lowest BCUT2D eigenvalue weighted by Gasteiger charge is -2.25. The zero-order valence-corrected chi connectivity index (χ0v) is 21.9. The number of ketones is 1. The van der Waals surface area contributed by atoms with E-state index in [1.165, 1.54) is 5.56 Å². The minimum absolute atomic E-state index is 0.122. The number of halogens is 1. The summed E-state index contributed by atoms with van der Waals surface area (Å²) in [5, 5.41) is 8.53. The molecule has 0 fully saturated rings. The molecular weight excluding hydrogens is 478 g/mol. The van der Waals surface area contributed by atoms with Crippen LogP contribution in [0.15, 0.2) is 54.6 Å². The van der Waals surface area contributed by atoms with Crippen LogP contribution in [0.3, 0.4) is 0 Å². The molecule has 0 unspecified atom stereocenters. The van der Waals surface area contributed by atoms with E-state index >= 15 is 0 Å². The summed E-state index contributed by atoms with van der Waals surface area (Å²) in [6.07, 6.45) is 2.87. The van der Waals surface area contributed by atoms with Gasteiger partial charge in [0, 0.05) is 24.4 Å². The summed E-state index contributed by atoms with van der Waals surface area (Å²) in [6.45, 7) is 5.64. The van der Waals surface area contributed by atoms with E-state index in [1.807, 2.05) is 32.0 Å². The minimum Gasteiger partial charge on any atom is -0.350 e. The standard InChI is InChI=1S/C28H36ClN3O4/c1-4-30-28(36)26(34)23(18-21-14-16-22(29)17-15-21)31-27(35)25(19(2)3)32-24(33)13-9-8-12-20-10-6-5-7-11-20/h5-7,10-11,14-17,19,23,25H,4,8-9,12-13,18H2,1-3H3,(H,30,36)(H,31,35)(H,32,33)/t23-,25-/m0/s1. The molecule has 0 heterocycles. The maximum Gasteiger partial charge on any atom is 0.289 e. The SMILES string of the molecule is CCNC(=O)C(=O)[C@H](Cc1ccc(Cl)cc1)NC(=O)[C@@H](NC(=O)CCCCc1ccccc1)C(C)C. The second kappa shape index (κ2) is 15.0. The summed E-state index contributed by atoms with van der Waals surface area (Å²) in [5.41, 5.74) is 1.96. The number of nitrogens with one attached hydrogen (secondary N) is 3. The topological polar surface area (TPSA) is 104 Å². The van der Waals surface area contributed by atoms with Crippen LogP contribution in [0.5, 0.6) is 0 Å². The second-order valence-electron chi connectivity index (χ2n) is 9.10. The lowest BCUT2D eigenvalue weighted by atomic mass is 9.98. The van der Waals surface area contributed by atoms with E-state index in [4.69, 9.17) is 11.6 Å². The molecule has 2 aromatic rings. The molecule has 3 amide bonds. The molecule has 2 rings (SSSR count). The molecule has 7 nitrogen and oxygen atoms in total. The summed E-state index contributed by atoms with van der Waals surface area (Å²) in [7, 11) is 0. The number of hydrogen-bond acceptors (Lipinski definition) is 4. The van der Waals surface area contributed by atoms with Gasteiger partial charge in [-0.1, -0.05) is 67.9 Å². The summed E-state index contributed by atoms with van der Waals surface area (Å²) < 4.78 is 0. The molecule has 0 bridgehead atoms. The van der Waals surface area contributed by atoms with Gasteiger partial charge < -0.3 is 16.0 Å². The summed E-state index contributed by atoms with van der Waals surface area (Å²) >= 11 is 5.95. The number of aryl methyl sites for hydroxylation is 1. The normalized spacial score (nSPS) is 12.5. The monoisotopic (exact) mass is 513 g/mol. The first-order valence-electron chi connectivity index (χ1n) is 12.4. The van der Waals surface area contributed by atoms with Gasteiger partial charge in [0.05, 0.1) is 0 Å². The fourth-order valence-electron chi connectivity index (χ4n) is 3.77. The van der Waals surface area contributed by atoms with Crippen molar-refractivity contribution in [1.29, 1.82) is 0 Å². The number of unbranched alkanes of at least 4 members (excludes halogenated alkanes) is 1. The van der Waals surface area contributed by atoms with E-state index in [-0.39, 0.29) is 18.2 Å². The van der Waals surface area contributed by atoms with Crippen molar-refractivity contribution in [3.8, 4) is 0 Å². The Morgan fingerprint density at radius 3 is 2.14 bits per heavy atom. The molecular formula is C28H36ClN3O4. The lowest BCUT2D eigenvalue weighted by Crippen LogP contribution is -2.56. The third kappa shape index (κ3) is 9.82. The predicted molar refractivity (Wildman–Crippen MR) is 142 cm³/mol. The summed E-state index contributed by atoms with van der Waals surface area (Å²) in [6, 6.07) is 15.0. The van der Waals surface area contributed by atoms with Crippen LogP contribution in [0.2, 0.25) is 5.02 Å². The van der Waals surface area contributed by atoms with Gasteiger partial charge in [0.1, 0.15) is 12.1 Å². The van der Waals surface area contributed by atoms with Crippen LogP contribution in [0.4, 0.5) is 0 Å². The molecule has 0 aliphatic carbocycles. The molecule has 0 aromatic heterocycles. The number of rotatable bonds is 14. The number of carbonyl (C=O) groups is 4. The van der Waals surface area contributed by atoms with Crippen LogP contribution in [0, 0.1) is 5.92 Å². The Labute approximate surface area is 218 Å². The maximum atomic E-state index is 13.1. The highest BCUT2D eigenvalue weighted by atomic mass is 35.5. The Bertz CT molecular complexity index is 1010. The van der Waals surface area contributed by atoms with Crippen LogP contribution in [0.1, 0.15) is 51.2 Å². The molecule has 0 radical (unpaired) electrons. The molecule has 3 N–H and O–H groups in total. The Morgan fingerprint density at radius 2 is 1.53 bits per heavy atom. The number of benzene rings is 2. The van der Waals surface area contributed by atoms with E-state index in [9.17, 15) is 19.2 Å². The highest BCUT2D eigenvalue weighted by Crippen LogP contribution is 2.13. The average molecular weight is 514 g/mol. The quantitative estimate of drug-likeness (QED) is 0.265. The molecule has 0 aliphatic rings. The molecule has 194 valence electrons. The maximum absolute atomic E-state index is 13.1. The van der Waals surface area contributed by atoms with Crippen LogP contribution in [-0.4, -0.2) is 42.1 Å². The third-order valence-electron chi connectivity index (χ3n) is 5.77. The molecule has 0 saturated heterocycles.